The number of rotatable bonds is 3. The molecule has 94 valence electrons. The average Bonchev–Trinajstić information content (AvgIpc) is 2.41. The molecule has 2 aromatic rings. The molecule has 19 heavy (non-hydrogen) atoms. The van der Waals surface area contributed by atoms with Gasteiger partial charge in [-0.2, -0.15) is 5.26 Å². The van der Waals surface area contributed by atoms with Gasteiger partial charge in [-0.15, -0.1) is 0 Å². The Kier molecular flexibility index (Phi) is 4.20. The van der Waals surface area contributed by atoms with E-state index in [1.165, 1.54) is 17.8 Å². The van der Waals surface area contributed by atoms with Crippen LogP contribution in [0.4, 0.5) is 5.69 Å². The highest BCUT2D eigenvalue weighted by molar-refractivity contribution is 9.10. The van der Waals surface area contributed by atoms with E-state index in [-0.39, 0.29) is 11.3 Å². The highest BCUT2D eigenvalue weighted by Gasteiger charge is 2.17. The van der Waals surface area contributed by atoms with Crippen molar-refractivity contribution in [2.75, 3.05) is 0 Å². The van der Waals surface area contributed by atoms with Crippen LogP contribution in [-0.2, 0) is 0 Å². The summed E-state index contributed by atoms with van der Waals surface area (Å²) in [6.45, 7) is 0. The molecule has 0 unspecified atom stereocenters. The Morgan fingerprint density at radius 1 is 1.21 bits per heavy atom. The Bertz CT molecular complexity index is 665. The highest BCUT2D eigenvalue weighted by Crippen LogP contribution is 2.34. The first kappa shape index (κ1) is 13.6. The number of benzene rings is 2. The number of hydrogen-bond acceptors (Lipinski definition) is 4. The largest absolute Gasteiger partial charge is 0.288 e. The first-order valence-electron chi connectivity index (χ1n) is 5.22. The molecule has 4 nitrogen and oxygen atoms in total. The van der Waals surface area contributed by atoms with Crippen molar-refractivity contribution in [2.24, 2.45) is 0 Å². The molecule has 0 aromatic heterocycles. The quantitative estimate of drug-likeness (QED) is 0.617. The molecule has 2 rings (SSSR count). The SMILES string of the molecule is N#Cc1c(Sc2ccc(Br)cc2)cccc1[N+](=O)[O-]. The average molecular weight is 335 g/mol. The summed E-state index contributed by atoms with van der Waals surface area (Å²) in [7, 11) is 0. The number of nitriles is 1. The second kappa shape index (κ2) is 5.87. The topological polar surface area (TPSA) is 66.9 Å². The van der Waals surface area contributed by atoms with Crippen molar-refractivity contribution in [3.05, 3.63) is 62.6 Å². The van der Waals surface area contributed by atoms with Crippen LogP contribution < -0.4 is 0 Å². The Hall–Kier alpha value is -1.84. The molecule has 0 aliphatic heterocycles. The van der Waals surface area contributed by atoms with Gasteiger partial charge in [-0.05, 0) is 30.3 Å². The van der Waals surface area contributed by atoms with Gasteiger partial charge in [0.25, 0.3) is 5.69 Å². The molecule has 0 atom stereocenters. The number of nitro benzene ring substituents is 1. The van der Waals surface area contributed by atoms with Gasteiger partial charge in [-0.1, -0.05) is 33.8 Å². The summed E-state index contributed by atoms with van der Waals surface area (Å²) in [5.41, 5.74) is -0.0648. The Morgan fingerprint density at radius 3 is 2.47 bits per heavy atom. The first-order valence-corrected chi connectivity index (χ1v) is 6.83. The third-order valence-corrected chi connectivity index (χ3v) is 3.95. The van der Waals surface area contributed by atoms with Crippen LogP contribution in [0.2, 0.25) is 0 Å². The van der Waals surface area contributed by atoms with Crippen LogP contribution in [0.1, 0.15) is 5.56 Å². The molecule has 6 heteroatoms. The van der Waals surface area contributed by atoms with Crippen molar-refractivity contribution >= 4 is 33.4 Å². The van der Waals surface area contributed by atoms with E-state index < -0.39 is 4.92 Å². The molecule has 0 aliphatic rings. The number of halogens is 1. The summed E-state index contributed by atoms with van der Waals surface area (Å²) in [4.78, 5) is 11.8. The van der Waals surface area contributed by atoms with E-state index in [4.69, 9.17) is 5.26 Å². The highest BCUT2D eigenvalue weighted by atomic mass is 79.9. The zero-order chi connectivity index (χ0) is 13.8. The minimum Gasteiger partial charge on any atom is -0.258 e. The van der Waals surface area contributed by atoms with Gasteiger partial charge in [0.1, 0.15) is 11.6 Å². The van der Waals surface area contributed by atoms with Crippen molar-refractivity contribution in [2.45, 2.75) is 9.79 Å². The molecule has 0 fully saturated rings. The minimum atomic E-state index is -0.538. The van der Waals surface area contributed by atoms with Crippen LogP contribution in [0.15, 0.2) is 56.7 Å². The molecule has 0 heterocycles. The molecule has 0 aliphatic carbocycles. The lowest BCUT2D eigenvalue weighted by atomic mass is 10.2. The minimum absolute atomic E-state index is 0.0976. The summed E-state index contributed by atoms with van der Waals surface area (Å²) < 4.78 is 0.955. The maximum atomic E-state index is 10.9. The zero-order valence-corrected chi connectivity index (χ0v) is 11.9. The van der Waals surface area contributed by atoms with Gasteiger partial charge in [0.2, 0.25) is 0 Å². The fourth-order valence-corrected chi connectivity index (χ4v) is 2.69. The van der Waals surface area contributed by atoms with Crippen LogP contribution in [-0.4, -0.2) is 4.92 Å². The number of nitrogens with zero attached hydrogens (tertiary/aromatic N) is 2. The van der Waals surface area contributed by atoms with E-state index in [0.717, 1.165) is 9.37 Å². The van der Waals surface area contributed by atoms with Crippen molar-refractivity contribution < 1.29 is 4.92 Å². The van der Waals surface area contributed by atoms with Crippen molar-refractivity contribution in [3.63, 3.8) is 0 Å². The molecular formula is C13H7BrN2O2S. The zero-order valence-electron chi connectivity index (χ0n) is 9.54. The van der Waals surface area contributed by atoms with Crippen molar-refractivity contribution in [1.82, 2.24) is 0 Å². The van der Waals surface area contributed by atoms with Gasteiger partial charge in [-0.3, -0.25) is 10.1 Å². The maximum absolute atomic E-state index is 10.9. The van der Waals surface area contributed by atoms with Crippen LogP contribution in [0.25, 0.3) is 0 Å². The summed E-state index contributed by atoms with van der Waals surface area (Å²) in [6, 6.07) is 14.1. The predicted octanol–water partition coefficient (Wildman–Crippen LogP) is 4.38. The van der Waals surface area contributed by atoms with Gasteiger partial charge in [-0.25, -0.2) is 0 Å². The summed E-state index contributed by atoms with van der Waals surface area (Å²) in [5.74, 6) is 0. The fourth-order valence-electron chi connectivity index (χ4n) is 1.50. The van der Waals surface area contributed by atoms with Gasteiger partial charge in [0.15, 0.2) is 0 Å². The lowest BCUT2D eigenvalue weighted by Crippen LogP contribution is -1.93. The fraction of sp³-hybridized carbons (Fsp3) is 0. The molecule has 0 amide bonds. The molecule has 0 saturated carbocycles. The molecule has 0 radical (unpaired) electrons. The molecule has 0 saturated heterocycles. The number of hydrogen-bond donors (Lipinski definition) is 0. The monoisotopic (exact) mass is 334 g/mol. The number of nitro groups is 1. The Balaban J connectivity index is 2.40. The smallest absolute Gasteiger partial charge is 0.258 e. The van der Waals surface area contributed by atoms with Gasteiger partial charge in [0.05, 0.1) is 4.92 Å². The van der Waals surface area contributed by atoms with Gasteiger partial charge < -0.3 is 0 Å². The van der Waals surface area contributed by atoms with E-state index in [2.05, 4.69) is 15.9 Å². The lowest BCUT2D eigenvalue weighted by molar-refractivity contribution is -0.385. The Labute approximate surface area is 122 Å². The molecule has 0 spiro atoms. The summed E-state index contributed by atoms with van der Waals surface area (Å²) >= 11 is 4.67. The second-order valence-electron chi connectivity index (χ2n) is 3.58. The van der Waals surface area contributed by atoms with Crippen LogP contribution in [0.5, 0.6) is 0 Å². The third-order valence-electron chi connectivity index (χ3n) is 2.35. The predicted molar refractivity (Wildman–Crippen MR) is 76.1 cm³/mol. The van der Waals surface area contributed by atoms with Crippen LogP contribution >= 0.6 is 27.7 Å². The first-order chi connectivity index (χ1) is 9.11. The Morgan fingerprint density at radius 2 is 1.89 bits per heavy atom. The normalized spacial score (nSPS) is 9.89. The molecule has 0 N–H and O–H groups in total. The molecular weight excluding hydrogens is 328 g/mol. The second-order valence-corrected chi connectivity index (χ2v) is 5.61. The van der Waals surface area contributed by atoms with Gasteiger partial charge in [0, 0.05) is 20.3 Å². The van der Waals surface area contributed by atoms with Crippen LogP contribution in [0, 0.1) is 21.4 Å². The third kappa shape index (κ3) is 3.13. The standard InChI is InChI=1S/C13H7BrN2O2S/c14-9-4-6-10(7-5-9)19-13-3-1-2-12(16(17)18)11(13)8-15/h1-7H. The van der Waals surface area contributed by atoms with E-state index in [9.17, 15) is 10.1 Å². The maximum Gasteiger partial charge on any atom is 0.288 e. The van der Waals surface area contributed by atoms with Crippen molar-refractivity contribution in [1.29, 1.82) is 5.26 Å². The summed E-state index contributed by atoms with van der Waals surface area (Å²) in [5, 5.41) is 20.0. The summed E-state index contributed by atoms with van der Waals surface area (Å²) in [6.07, 6.45) is 0. The van der Waals surface area contributed by atoms with E-state index in [0.29, 0.717) is 4.90 Å². The molecule has 0 bridgehead atoms. The van der Waals surface area contributed by atoms with Crippen LogP contribution in [0.3, 0.4) is 0 Å². The molecule has 2 aromatic carbocycles. The van der Waals surface area contributed by atoms with E-state index >= 15 is 0 Å². The van der Waals surface area contributed by atoms with E-state index in [1.54, 1.807) is 12.1 Å². The van der Waals surface area contributed by atoms with E-state index in [1.807, 2.05) is 30.3 Å². The lowest BCUT2D eigenvalue weighted by Gasteiger charge is -2.04. The van der Waals surface area contributed by atoms with Gasteiger partial charge >= 0.3 is 0 Å². The van der Waals surface area contributed by atoms with Crippen molar-refractivity contribution in [3.8, 4) is 6.07 Å².